The minimum atomic E-state index is -0.694. The Labute approximate surface area is 188 Å². The lowest BCUT2D eigenvalue weighted by Gasteiger charge is -2.18. The molecule has 1 saturated carbocycles. The molecule has 2 amide bonds. The quantitative estimate of drug-likeness (QED) is 0.573. The van der Waals surface area contributed by atoms with Gasteiger partial charge in [-0.1, -0.05) is 62.4 Å². The molecule has 1 aromatic heterocycles. The Balaban J connectivity index is 1.56. The predicted molar refractivity (Wildman–Crippen MR) is 123 cm³/mol. The van der Waals surface area contributed by atoms with E-state index < -0.39 is 11.9 Å². The summed E-state index contributed by atoms with van der Waals surface area (Å²) >= 11 is 0. The average Bonchev–Trinajstić information content (AvgIpc) is 3.52. The first-order valence-corrected chi connectivity index (χ1v) is 11.1. The minimum absolute atomic E-state index is 0.0540. The Kier molecular flexibility index (Phi) is 6.35. The fourth-order valence-electron chi connectivity index (χ4n) is 3.69. The molecule has 1 atom stereocenters. The molecule has 1 aliphatic rings. The Morgan fingerprint density at radius 1 is 1.06 bits per heavy atom. The first-order valence-electron chi connectivity index (χ1n) is 11.1. The molecule has 0 radical (unpaired) electrons. The molecular formula is C25H29N5O2. The summed E-state index contributed by atoms with van der Waals surface area (Å²) in [6.07, 6.45) is 2.37. The van der Waals surface area contributed by atoms with Crippen LogP contribution < -0.4 is 10.6 Å². The second-order valence-corrected chi connectivity index (χ2v) is 8.61. The van der Waals surface area contributed by atoms with Gasteiger partial charge in [-0.05, 0) is 42.9 Å². The summed E-state index contributed by atoms with van der Waals surface area (Å²) in [5, 5.41) is 10.3. The highest BCUT2D eigenvalue weighted by molar-refractivity contribution is 5.95. The maximum Gasteiger partial charge on any atom is 0.291 e. The van der Waals surface area contributed by atoms with E-state index in [-0.39, 0.29) is 17.8 Å². The molecule has 0 aliphatic heterocycles. The Morgan fingerprint density at radius 3 is 2.44 bits per heavy atom. The Bertz CT molecular complexity index is 1100. The van der Waals surface area contributed by atoms with E-state index in [4.69, 9.17) is 0 Å². The molecule has 1 fully saturated rings. The number of carbonyl (C=O) groups excluding carboxylic acids is 2. The van der Waals surface area contributed by atoms with Crippen molar-refractivity contribution in [3.63, 3.8) is 0 Å². The molecule has 32 heavy (non-hydrogen) atoms. The third-order valence-corrected chi connectivity index (χ3v) is 5.59. The van der Waals surface area contributed by atoms with Crippen LogP contribution in [0.1, 0.15) is 60.2 Å². The smallest absolute Gasteiger partial charge is 0.291 e. The van der Waals surface area contributed by atoms with E-state index >= 15 is 0 Å². The van der Waals surface area contributed by atoms with E-state index in [0.717, 1.165) is 29.7 Å². The SMILES string of the molecule is Cc1nc(C(=O)NC(Cc2ccccc2)C(=O)NC2CC2)nn1-c1ccccc1C(C)C. The second-order valence-electron chi connectivity index (χ2n) is 8.61. The van der Waals surface area contributed by atoms with Crippen LogP contribution >= 0.6 is 0 Å². The van der Waals surface area contributed by atoms with Crippen molar-refractivity contribution in [3.8, 4) is 5.69 Å². The third-order valence-electron chi connectivity index (χ3n) is 5.59. The molecule has 166 valence electrons. The normalized spacial score (nSPS) is 14.2. The van der Waals surface area contributed by atoms with Crippen LogP contribution in [-0.2, 0) is 11.2 Å². The molecule has 2 aromatic carbocycles. The summed E-state index contributed by atoms with van der Waals surface area (Å²) < 4.78 is 1.70. The first kappa shape index (κ1) is 21.7. The highest BCUT2D eigenvalue weighted by Crippen LogP contribution is 2.23. The fraction of sp³-hybridized carbons (Fsp3) is 0.360. The largest absolute Gasteiger partial charge is 0.352 e. The van der Waals surface area contributed by atoms with Crippen LogP contribution in [-0.4, -0.2) is 38.7 Å². The topological polar surface area (TPSA) is 88.9 Å². The van der Waals surface area contributed by atoms with Crippen LogP contribution in [0.5, 0.6) is 0 Å². The Morgan fingerprint density at radius 2 is 1.75 bits per heavy atom. The van der Waals surface area contributed by atoms with E-state index in [2.05, 4.69) is 40.6 Å². The summed E-state index contributed by atoms with van der Waals surface area (Å²) in [5.41, 5.74) is 3.00. The molecule has 1 heterocycles. The third kappa shape index (κ3) is 5.04. The van der Waals surface area contributed by atoms with Gasteiger partial charge in [-0.25, -0.2) is 9.67 Å². The number of nitrogens with one attached hydrogen (secondary N) is 2. The van der Waals surface area contributed by atoms with Gasteiger partial charge in [0.25, 0.3) is 5.91 Å². The standard InChI is InChI=1S/C25H29N5O2/c1-16(2)20-11-7-8-12-22(20)30-17(3)26-23(29-30)25(32)28-21(24(31)27-19-13-14-19)15-18-9-5-4-6-10-18/h4-12,16,19,21H,13-15H2,1-3H3,(H,27,31)(H,28,32). The maximum absolute atomic E-state index is 13.0. The molecule has 0 saturated heterocycles. The number of para-hydroxylation sites is 1. The maximum atomic E-state index is 13.0. The first-order chi connectivity index (χ1) is 15.4. The van der Waals surface area contributed by atoms with E-state index in [9.17, 15) is 9.59 Å². The molecule has 1 unspecified atom stereocenters. The number of hydrogen-bond donors (Lipinski definition) is 2. The molecule has 7 nitrogen and oxygen atoms in total. The number of benzene rings is 2. The molecule has 4 rings (SSSR count). The number of rotatable bonds is 8. The van der Waals surface area contributed by atoms with Crippen molar-refractivity contribution >= 4 is 11.8 Å². The van der Waals surface area contributed by atoms with Crippen LogP contribution in [0.3, 0.4) is 0 Å². The molecule has 2 N–H and O–H groups in total. The number of carbonyl (C=O) groups is 2. The van der Waals surface area contributed by atoms with Crippen molar-refractivity contribution in [1.29, 1.82) is 0 Å². The van der Waals surface area contributed by atoms with Gasteiger partial charge in [0.05, 0.1) is 5.69 Å². The second kappa shape index (κ2) is 9.34. The van der Waals surface area contributed by atoms with Crippen LogP contribution in [0.25, 0.3) is 5.69 Å². The lowest BCUT2D eigenvalue weighted by molar-refractivity contribution is -0.123. The van der Waals surface area contributed by atoms with Crippen LogP contribution in [0.2, 0.25) is 0 Å². The highest BCUT2D eigenvalue weighted by atomic mass is 16.2. The summed E-state index contributed by atoms with van der Waals surface area (Å²) in [7, 11) is 0. The zero-order valence-corrected chi connectivity index (χ0v) is 18.7. The van der Waals surface area contributed by atoms with E-state index in [1.807, 2.05) is 55.5 Å². The van der Waals surface area contributed by atoms with Crippen molar-refractivity contribution < 1.29 is 9.59 Å². The summed E-state index contributed by atoms with van der Waals surface area (Å²) in [4.78, 5) is 30.2. The summed E-state index contributed by atoms with van der Waals surface area (Å²) in [6, 6.07) is 17.1. The van der Waals surface area contributed by atoms with Gasteiger partial charge in [-0.15, -0.1) is 5.10 Å². The number of aryl methyl sites for hydroxylation is 1. The number of nitrogens with zero attached hydrogens (tertiary/aromatic N) is 3. The summed E-state index contributed by atoms with van der Waals surface area (Å²) in [5.74, 6) is 0.337. The van der Waals surface area contributed by atoms with Crippen molar-refractivity contribution in [2.24, 2.45) is 0 Å². The average molecular weight is 432 g/mol. The number of amides is 2. The molecule has 0 spiro atoms. The molecule has 7 heteroatoms. The fourth-order valence-corrected chi connectivity index (χ4v) is 3.69. The summed E-state index contributed by atoms with van der Waals surface area (Å²) in [6.45, 7) is 6.05. The van der Waals surface area contributed by atoms with Gasteiger partial charge in [-0.2, -0.15) is 0 Å². The zero-order chi connectivity index (χ0) is 22.7. The van der Waals surface area contributed by atoms with Crippen LogP contribution in [0.15, 0.2) is 54.6 Å². The number of aromatic nitrogens is 3. The van der Waals surface area contributed by atoms with E-state index in [1.165, 1.54) is 0 Å². The van der Waals surface area contributed by atoms with Crippen molar-refractivity contribution in [1.82, 2.24) is 25.4 Å². The number of hydrogen-bond acceptors (Lipinski definition) is 4. The van der Waals surface area contributed by atoms with Gasteiger partial charge < -0.3 is 10.6 Å². The monoisotopic (exact) mass is 431 g/mol. The van der Waals surface area contributed by atoms with Gasteiger partial charge >= 0.3 is 0 Å². The lowest BCUT2D eigenvalue weighted by atomic mass is 10.0. The van der Waals surface area contributed by atoms with Crippen molar-refractivity contribution in [2.45, 2.75) is 58.0 Å². The van der Waals surface area contributed by atoms with Gasteiger partial charge in [0.15, 0.2) is 0 Å². The van der Waals surface area contributed by atoms with Gasteiger partial charge in [0.2, 0.25) is 11.7 Å². The van der Waals surface area contributed by atoms with Crippen LogP contribution in [0, 0.1) is 6.92 Å². The lowest BCUT2D eigenvalue weighted by Crippen LogP contribution is -2.48. The molecule has 3 aromatic rings. The Hall–Kier alpha value is -3.48. The zero-order valence-electron chi connectivity index (χ0n) is 18.7. The van der Waals surface area contributed by atoms with E-state index in [1.54, 1.807) is 4.68 Å². The molecule has 1 aliphatic carbocycles. The molecule has 0 bridgehead atoms. The van der Waals surface area contributed by atoms with Crippen molar-refractivity contribution in [2.75, 3.05) is 0 Å². The van der Waals surface area contributed by atoms with Crippen LogP contribution in [0.4, 0.5) is 0 Å². The van der Waals surface area contributed by atoms with E-state index in [0.29, 0.717) is 18.2 Å². The minimum Gasteiger partial charge on any atom is -0.352 e. The van der Waals surface area contributed by atoms with Gasteiger partial charge in [-0.3, -0.25) is 9.59 Å². The predicted octanol–water partition coefficient (Wildman–Crippen LogP) is 3.32. The highest BCUT2D eigenvalue weighted by Gasteiger charge is 2.29. The van der Waals surface area contributed by atoms with Crippen molar-refractivity contribution in [3.05, 3.63) is 77.4 Å². The molecular weight excluding hydrogens is 402 g/mol. The van der Waals surface area contributed by atoms with Gasteiger partial charge in [0.1, 0.15) is 11.9 Å². The van der Waals surface area contributed by atoms with Gasteiger partial charge in [0, 0.05) is 12.5 Å².